The number of ether oxygens (including phenoxy) is 1. The molecule has 4 heteroatoms. The topological polar surface area (TPSA) is 29.3 Å². The van der Waals surface area contributed by atoms with Gasteiger partial charge in [0.05, 0.1) is 18.7 Å². The smallest absolute Gasteiger partial charge is 0.267 e. The molecule has 2 aromatic rings. The van der Waals surface area contributed by atoms with Crippen LogP contribution in [0, 0.1) is 23.6 Å². The average Bonchev–Trinajstić information content (AvgIpc) is 2.57. The molecule has 0 radical (unpaired) electrons. The summed E-state index contributed by atoms with van der Waals surface area (Å²) in [5, 5.41) is 0. The fraction of sp³-hybridized carbons (Fsp3) is 0.300. The lowest BCUT2D eigenvalue weighted by molar-refractivity contribution is -0.456. The Bertz CT molecular complexity index is 853. The molecule has 0 spiro atoms. The predicted octanol–water partition coefficient (Wildman–Crippen LogP) is 5.02. The molecule has 0 N–H and O–H groups in total. The number of aryl methyl sites for hydroxylation is 1. The van der Waals surface area contributed by atoms with Crippen LogP contribution in [0.4, 0.5) is 10.1 Å². The molecule has 0 fully saturated rings. The van der Waals surface area contributed by atoms with Crippen LogP contribution >= 0.6 is 0 Å². The normalized spacial score (nSPS) is 14.2. The lowest BCUT2D eigenvalue weighted by atomic mass is 9.84. The van der Waals surface area contributed by atoms with E-state index >= 15 is 0 Å². The second-order valence-corrected chi connectivity index (χ2v) is 6.44. The molecule has 0 aromatic heterocycles. The van der Waals surface area contributed by atoms with Crippen molar-refractivity contribution in [3.63, 3.8) is 0 Å². The largest absolute Gasteiger partial charge is 0.497 e. The lowest BCUT2D eigenvalue weighted by Gasteiger charge is -2.21. The van der Waals surface area contributed by atoms with Crippen LogP contribution in [0.2, 0.25) is 0 Å². The zero-order valence-corrected chi connectivity index (χ0v) is 14.4. The van der Waals surface area contributed by atoms with Crippen LogP contribution in [-0.4, -0.2) is 18.4 Å². The van der Waals surface area contributed by atoms with E-state index in [0.717, 1.165) is 27.0 Å². The van der Waals surface area contributed by atoms with Crippen molar-refractivity contribution in [1.82, 2.24) is 0 Å². The molecule has 2 aromatic carbocycles. The van der Waals surface area contributed by atoms with E-state index in [0.29, 0.717) is 23.5 Å². The first kappa shape index (κ1) is 16.4. The molecule has 0 saturated heterocycles. The Balaban J connectivity index is 2.28. The third-order valence-corrected chi connectivity index (χ3v) is 4.52. The minimum Gasteiger partial charge on any atom is -0.497 e. The zero-order valence-electron chi connectivity index (χ0n) is 14.4. The molecular weight excluding hydrogens is 305 g/mol. The highest BCUT2D eigenvalue weighted by molar-refractivity contribution is 5.88. The van der Waals surface area contributed by atoms with E-state index in [4.69, 9.17) is 4.74 Å². The standard InChI is InChI=1S/C20H21FNO2/c1-12(2)17-11-22(23)19-10-15(24-4)6-7-16(19)20(17)14-5-8-18(21)13(3)9-14/h5-10,12H,11H2,1-4H3/q+1. The van der Waals surface area contributed by atoms with Gasteiger partial charge in [-0.15, -0.1) is 0 Å². The summed E-state index contributed by atoms with van der Waals surface area (Å²) in [6, 6.07) is 10.6. The van der Waals surface area contributed by atoms with Crippen LogP contribution in [0.1, 0.15) is 30.5 Å². The minimum absolute atomic E-state index is 0.220. The Hall–Kier alpha value is -2.49. The third-order valence-electron chi connectivity index (χ3n) is 4.52. The Morgan fingerprint density at radius 3 is 2.54 bits per heavy atom. The number of hydrogen-bond donors (Lipinski definition) is 0. The summed E-state index contributed by atoms with van der Waals surface area (Å²) in [4.78, 5) is 12.5. The number of rotatable bonds is 3. The van der Waals surface area contributed by atoms with Gasteiger partial charge in [0.2, 0.25) is 6.54 Å². The first-order chi connectivity index (χ1) is 11.4. The summed E-state index contributed by atoms with van der Waals surface area (Å²) in [5.41, 5.74) is 5.09. The first-order valence-electron chi connectivity index (χ1n) is 8.05. The van der Waals surface area contributed by atoms with Gasteiger partial charge in [0.15, 0.2) is 0 Å². The molecule has 0 amide bonds. The van der Waals surface area contributed by atoms with Gasteiger partial charge in [-0.1, -0.05) is 19.9 Å². The number of fused-ring (bicyclic) bond motifs is 1. The maximum Gasteiger partial charge on any atom is 0.267 e. The quantitative estimate of drug-likeness (QED) is 0.741. The Kier molecular flexibility index (Phi) is 4.22. The fourth-order valence-electron chi connectivity index (χ4n) is 3.16. The molecule has 1 heterocycles. The van der Waals surface area contributed by atoms with Crippen LogP contribution in [-0.2, 0) is 0 Å². The first-order valence-corrected chi connectivity index (χ1v) is 8.05. The summed E-state index contributed by atoms with van der Waals surface area (Å²) in [7, 11) is 1.58. The summed E-state index contributed by atoms with van der Waals surface area (Å²) in [5.74, 6) is 0.649. The number of benzene rings is 2. The van der Waals surface area contributed by atoms with Crippen molar-refractivity contribution in [2.45, 2.75) is 20.8 Å². The van der Waals surface area contributed by atoms with Crippen molar-refractivity contribution >= 4 is 11.3 Å². The zero-order chi connectivity index (χ0) is 17.4. The van der Waals surface area contributed by atoms with E-state index in [2.05, 4.69) is 13.8 Å². The van der Waals surface area contributed by atoms with Gasteiger partial charge in [0.1, 0.15) is 11.6 Å². The second kappa shape index (κ2) is 6.19. The van der Waals surface area contributed by atoms with Crippen molar-refractivity contribution in [3.8, 4) is 5.75 Å². The Labute approximate surface area is 141 Å². The number of methoxy groups -OCH3 is 1. The van der Waals surface area contributed by atoms with Gasteiger partial charge < -0.3 is 4.74 Å². The minimum atomic E-state index is -0.221. The number of nitroso groups, excluding NO2 is 1. The van der Waals surface area contributed by atoms with Crippen LogP contribution in [0.15, 0.2) is 42.0 Å². The molecule has 124 valence electrons. The summed E-state index contributed by atoms with van der Waals surface area (Å²) in [6.45, 7) is 6.22. The summed E-state index contributed by atoms with van der Waals surface area (Å²) < 4.78 is 19.9. The van der Waals surface area contributed by atoms with E-state index in [1.54, 1.807) is 26.2 Å². The number of hydrogen-bond acceptors (Lipinski definition) is 2. The van der Waals surface area contributed by atoms with E-state index in [9.17, 15) is 9.30 Å². The van der Waals surface area contributed by atoms with Gasteiger partial charge in [-0.2, -0.15) is 0 Å². The Morgan fingerprint density at radius 2 is 1.92 bits per heavy atom. The van der Waals surface area contributed by atoms with E-state index in [1.807, 2.05) is 18.2 Å². The molecule has 0 unspecified atom stereocenters. The number of nitrogens with zero attached hydrogens (tertiary/aromatic N) is 1. The van der Waals surface area contributed by atoms with Crippen molar-refractivity contribution in [2.75, 3.05) is 13.7 Å². The molecule has 0 saturated carbocycles. The Morgan fingerprint density at radius 1 is 1.17 bits per heavy atom. The molecule has 0 bridgehead atoms. The maximum absolute atomic E-state index is 13.7. The highest BCUT2D eigenvalue weighted by Crippen LogP contribution is 2.41. The van der Waals surface area contributed by atoms with Crippen LogP contribution in [0.5, 0.6) is 5.75 Å². The van der Waals surface area contributed by atoms with Gasteiger partial charge in [-0.25, -0.2) is 4.39 Å². The number of halogens is 1. The third kappa shape index (κ3) is 2.73. The van der Waals surface area contributed by atoms with Gasteiger partial charge in [0.25, 0.3) is 5.69 Å². The fourth-order valence-corrected chi connectivity index (χ4v) is 3.16. The van der Waals surface area contributed by atoms with Crippen LogP contribution in [0.25, 0.3) is 5.57 Å². The summed E-state index contributed by atoms with van der Waals surface area (Å²) in [6.07, 6.45) is 0. The molecular formula is C20H21FNO2+. The van der Waals surface area contributed by atoms with Gasteiger partial charge in [-0.05, 0) is 48.2 Å². The summed E-state index contributed by atoms with van der Waals surface area (Å²) >= 11 is 0. The van der Waals surface area contributed by atoms with E-state index < -0.39 is 0 Å². The second-order valence-electron chi connectivity index (χ2n) is 6.44. The molecule has 3 rings (SSSR count). The lowest BCUT2D eigenvalue weighted by Crippen LogP contribution is -2.19. The highest BCUT2D eigenvalue weighted by Gasteiger charge is 2.33. The van der Waals surface area contributed by atoms with E-state index in [-0.39, 0.29) is 11.7 Å². The van der Waals surface area contributed by atoms with Gasteiger partial charge in [0, 0.05) is 20.8 Å². The highest BCUT2D eigenvalue weighted by atomic mass is 19.1. The van der Waals surface area contributed by atoms with Crippen molar-refractivity contribution < 1.29 is 13.9 Å². The van der Waals surface area contributed by atoms with Gasteiger partial charge >= 0.3 is 0 Å². The SMILES string of the molecule is COc1ccc2c(c1)[N+](=O)CC(C(C)C)=C2c1ccc(F)c(C)c1. The molecule has 1 aliphatic rings. The molecule has 0 aliphatic carbocycles. The predicted molar refractivity (Wildman–Crippen MR) is 93.1 cm³/mol. The monoisotopic (exact) mass is 326 g/mol. The molecule has 0 atom stereocenters. The average molecular weight is 326 g/mol. The van der Waals surface area contributed by atoms with Crippen LogP contribution < -0.4 is 4.74 Å². The molecule has 24 heavy (non-hydrogen) atoms. The van der Waals surface area contributed by atoms with Gasteiger partial charge in [-0.3, -0.25) is 0 Å². The maximum atomic E-state index is 13.7. The van der Waals surface area contributed by atoms with E-state index in [1.165, 1.54) is 6.07 Å². The molecule has 1 aliphatic heterocycles. The van der Waals surface area contributed by atoms with Crippen molar-refractivity contribution in [2.24, 2.45) is 5.92 Å². The van der Waals surface area contributed by atoms with Crippen LogP contribution in [0.3, 0.4) is 0 Å². The molecule has 3 nitrogen and oxygen atoms in total. The van der Waals surface area contributed by atoms with Crippen molar-refractivity contribution in [1.29, 1.82) is 0 Å². The van der Waals surface area contributed by atoms with Crippen molar-refractivity contribution in [3.05, 3.63) is 69.4 Å².